The van der Waals surface area contributed by atoms with Crippen molar-refractivity contribution in [2.75, 3.05) is 19.6 Å². The molecule has 2 atom stereocenters. The molecule has 1 aromatic rings. The second-order valence-corrected chi connectivity index (χ2v) is 8.66. The number of aliphatic hydroxyl groups excluding tert-OH is 1. The van der Waals surface area contributed by atoms with Crippen molar-refractivity contribution in [2.24, 2.45) is 4.99 Å². The van der Waals surface area contributed by atoms with Crippen LogP contribution in [0, 0.1) is 0 Å². The molecule has 1 fully saturated rings. The fraction of sp³-hybridized carbons (Fsp3) is 0.588. The summed E-state index contributed by atoms with van der Waals surface area (Å²) in [5.74, 6) is 0.316. The van der Waals surface area contributed by atoms with Crippen molar-refractivity contribution in [3.8, 4) is 0 Å². The second-order valence-electron chi connectivity index (χ2n) is 6.79. The number of nitrogens with one attached hydrogen (secondary N) is 1. The number of allylic oxidation sites excluding steroid dienone is 1. The fourth-order valence-electron chi connectivity index (χ4n) is 3.85. The van der Waals surface area contributed by atoms with Crippen LogP contribution in [0.3, 0.4) is 0 Å². The van der Waals surface area contributed by atoms with E-state index in [9.17, 15) is 13.5 Å². The van der Waals surface area contributed by atoms with Gasteiger partial charge in [-0.1, -0.05) is 12.2 Å². The fourth-order valence-corrected chi connectivity index (χ4v) is 5.51. The lowest BCUT2D eigenvalue weighted by atomic mass is 10.0. The van der Waals surface area contributed by atoms with Crippen LogP contribution in [-0.4, -0.2) is 43.2 Å². The number of aliphatic hydroxyl groups is 1. The van der Waals surface area contributed by atoms with Gasteiger partial charge in [-0.3, -0.25) is 4.99 Å². The van der Waals surface area contributed by atoms with Gasteiger partial charge in [0.2, 0.25) is 0 Å². The molecular weight excluding hydrogens is 326 g/mol. The van der Waals surface area contributed by atoms with Gasteiger partial charge in [0, 0.05) is 37.2 Å². The molecule has 2 N–H and O–H groups in total. The lowest BCUT2D eigenvalue weighted by Crippen LogP contribution is -2.37. The van der Waals surface area contributed by atoms with Crippen molar-refractivity contribution >= 4 is 16.1 Å². The lowest BCUT2D eigenvalue weighted by molar-refractivity contribution is 0.163. The van der Waals surface area contributed by atoms with E-state index in [-0.39, 0.29) is 6.42 Å². The Morgan fingerprint density at radius 2 is 2.12 bits per heavy atom. The standard InChI is InChI=1S/C17H23N3O3S/c21-13-3-1-4-14(9-13)24(22,23)20-11-15(12-6-8-18-10-12)17-16(20)5-2-7-19-17/h4-5,11-13,18,21H,1-3,6-10H2. The largest absolute Gasteiger partial charge is 0.393 e. The SMILES string of the molecule is O=S(=O)(C1=CCCC(O)C1)n1cc(C2CCNC2)c2c1=CCCN=2. The highest BCUT2D eigenvalue weighted by Gasteiger charge is 2.29. The molecule has 1 aromatic heterocycles. The van der Waals surface area contributed by atoms with Crippen LogP contribution in [0.4, 0.5) is 0 Å². The number of rotatable bonds is 3. The summed E-state index contributed by atoms with van der Waals surface area (Å²) in [5.41, 5.74) is 1.03. The van der Waals surface area contributed by atoms with Crippen molar-refractivity contribution in [2.45, 2.75) is 44.1 Å². The summed E-state index contributed by atoms with van der Waals surface area (Å²) in [7, 11) is -3.64. The van der Waals surface area contributed by atoms with Gasteiger partial charge in [-0.05, 0) is 32.2 Å². The molecule has 1 saturated heterocycles. The van der Waals surface area contributed by atoms with Crippen molar-refractivity contribution in [3.05, 3.63) is 33.4 Å². The minimum atomic E-state index is -3.64. The predicted molar refractivity (Wildman–Crippen MR) is 91.6 cm³/mol. The van der Waals surface area contributed by atoms with Crippen molar-refractivity contribution in [3.63, 3.8) is 0 Å². The summed E-state index contributed by atoms with van der Waals surface area (Å²) in [6, 6.07) is 0. The first kappa shape index (κ1) is 16.1. The number of aromatic nitrogens is 1. The molecule has 0 aromatic carbocycles. The molecule has 7 heteroatoms. The molecule has 0 amide bonds. The van der Waals surface area contributed by atoms with Gasteiger partial charge in [0.1, 0.15) is 0 Å². The Kier molecular flexibility index (Phi) is 4.10. The van der Waals surface area contributed by atoms with Gasteiger partial charge in [-0.2, -0.15) is 0 Å². The van der Waals surface area contributed by atoms with Crippen LogP contribution in [0.2, 0.25) is 0 Å². The van der Waals surface area contributed by atoms with Gasteiger partial charge in [0.25, 0.3) is 10.0 Å². The summed E-state index contributed by atoms with van der Waals surface area (Å²) in [6.45, 7) is 2.54. The normalized spacial score (nSPS) is 27.1. The molecule has 4 rings (SSSR count). The van der Waals surface area contributed by atoms with E-state index in [4.69, 9.17) is 0 Å². The molecule has 0 spiro atoms. The molecule has 0 bridgehead atoms. The summed E-state index contributed by atoms with van der Waals surface area (Å²) >= 11 is 0. The van der Waals surface area contributed by atoms with Crippen LogP contribution in [0.25, 0.3) is 6.08 Å². The van der Waals surface area contributed by atoms with Crippen LogP contribution in [0.5, 0.6) is 0 Å². The number of fused-ring (bicyclic) bond motifs is 1. The van der Waals surface area contributed by atoms with Crippen LogP contribution in [-0.2, 0) is 10.0 Å². The third-order valence-electron chi connectivity index (χ3n) is 5.15. The first-order valence-electron chi connectivity index (χ1n) is 8.66. The third kappa shape index (κ3) is 2.64. The predicted octanol–water partition coefficient (Wildman–Crippen LogP) is -0.0246. The van der Waals surface area contributed by atoms with E-state index in [1.54, 1.807) is 12.3 Å². The van der Waals surface area contributed by atoms with E-state index in [0.717, 1.165) is 36.9 Å². The number of hydrogen-bond donors (Lipinski definition) is 2. The van der Waals surface area contributed by atoms with E-state index >= 15 is 0 Å². The van der Waals surface area contributed by atoms with E-state index in [0.29, 0.717) is 35.6 Å². The summed E-state index contributed by atoms with van der Waals surface area (Å²) in [5, 5.41) is 14.7. The third-order valence-corrected chi connectivity index (χ3v) is 6.96. The van der Waals surface area contributed by atoms with Crippen molar-refractivity contribution < 1.29 is 13.5 Å². The zero-order valence-electron chi connectivity index (χ0n) is 13.6. The quantitative estimate of drug-likeness (QED) is 0.803. The summed E-state index contributed by atoms with van der Waals surface area (Å²) < 4.78 is 27.7. The van der Waals surface area contributed by atoms with Gasteiger partial charge in [0.05, 0.1) is 21.7 Å². The Balaban J connectivity index is 1.86. The van der Waals surface area contributed by atoms with Crippen LogP contribution < -0.4 is 16.0 Å². The zero-order valence-corrected chi connectivity index (χ0v) is 14.4. The lowest BCUT2D eigenvalue weighted by Gasteiger charge is -2.19. The highest BCUT2D eigenvalue weighted by atomic mass is 32.2. The molecule has 24 heavy (non-hydrogen) atoms. The highest BCUT2D eigenvalue weighted by molar-refractivity contribution is 7.93. The molecule has 1 aliphatic carbocycles. The minimum Gasteiger partial charge on any atom is -0.393 e. The zero-order chi connectivity index (χ0) is 16.7. The minimum absolute atomic E-state index is 0.201. The number of nitrogens with zero attached hydrogens (tertiary/aromatic N) is 2. The molecule has 2 unspecified atom stereocenters. The first-order valence-corrected chi connectivity index (χ1v) is 10.1. The second kappa shape index (κ2) is 6.13. The molecule has 130 valence electrons. The maximum atomic E-state index is 13.1. The average molecular weight is 349 g/mol. The monoisotopic (exact) mass is 349 g/mol. The molecular formula is C17H23N3O3S. The Bertz CT molecular complexity index is 892. The summed E-state index contributed by atoms with van der Waals surface area (Å²) in [4.78, 5) is 4.95. The maximum absolute atomic E-state index is 13.1. The van der Waals surface area contributed by atoms with E-state index in [2.05, 4.69) is 10.3 Å². The van der Waals surface area contributed by atoms with Gasteiger partial charge in [-0.15, -0.1) is 0 Å². The van der Waals surface area contributed by atoms with Gasteiger partial charge in [-0.25, -0.2) is 12.4 Å². The van der Waals surface area contributed by atoms with E-state index < -0.39 is 16.1 Å². The van der Waals surface area contributed by atoms with Crippen LogP contribution >= 0.6 is 0 Å². The Labute approximate surface area is 141 Å². The van der Waals surface area contributed by atoms with Crippen molar-refractivity contribution in [1.29, 1.82) is 0 Å². The Morgan fingerprint density at radius 3 is 2.88 bits per heavy atom. The highest BCUT2D eigenvalue weighted by Crippen LogP contribution is 2.25. The molecule has 0 saturated carbocycles. The average Bonchev–Trinajstić information content (AvgIpc) is 3.22. The first-order chi connectivity index (χ1) is 11.6. The molecule has 0 radical (unpaired) electrons. The van der Waals surface area contributed by atoms with E-state index in [1.807, 2.05) is 6.08 Å². The van der Waals surface area contributed by atoms with Gasteiger partial charge >= 0.3 is 0 Å². The van der Waals surface area contributed by atoms with E-state index in [1.165, 1.54) is 3.97 Å². The van der Waals surface area contributed by atoms with Gasteiger partial charge < -0.3 is 10.4 Å². The van der Waals surface area contributed by atoms with Crippen LogP contribution in [0.1, 0.15) is 43.6 Å². The van der Waals surface area contributed by atoms with Gasteiger partial charge in [0.15, 0.2) is 0 Å². The number of hydrogen-bond acceptors (Lipinski definition) is 5. The topological polar surface area (TPSA) is 83.7 Å². The molecule has 6 nitrogen and oxygen atoms in total. The molecule has 2 aliphatic heterocycles. The van der Waals surface area contributed by atoms with Crippen molar-refractivity contribution in [1.82, 2.24) is 9.29 Å². The summed E-state index contributed by atoms with van der Waals surface area (Å²) in [6.07, 6.45) is 8.13. The smallest absolute Gasteiger partial charge is 0.264 e. The molecule has 3 heterocycles. The molecule has 3 aliphatic rings. The Hall–Kier alpha value is -1.44. The maximum Gasteiger partial charge on any atom is 0.264 e. The Morgan fingerprint density at radius 1 is 1.25 bits per heavy atom. The van der Waals surface area contributed by atoms with Crippen LogP contribution in [0.15, 0.2) is 22.2 Å².